The number of aromatic nitrogens is 2. The highest BCUT2D eigenvalue weighted by Crippen LogP contribution is 2.26. The molecule has 1 aromatic carbocycles. The Hall–Kier alpha value is -2.17. The molecule has 0 aliphatic heterocycles. The van der Waals surface area contributed by atoms with Crippen LogP contribution in [-0.4, -0.2) is 20.9 Å². The van der Waals surface area contributed by atoms with E-state index in [0.29, 0.717) is 17.0 Å². The average Bonchev–Trinajstić information content (AvgIpc) is 2.75. The van der Waals surface area contributed by atoms with E-state index in [1.807, 2.05) is 10.9 Å². The molecular weight excluding hydrogens is 259 g/mol. The second-order valence-corrected chi connectivity index (χ2v) is 5.30. The summed E-state index contributed by atoms with van der Waals surface area (Å²) in [5.41, 5.74) is 1.86. The van der Waals surface area contributed by atoms with Crippen LogP contribution < -0.4 is 0 Å². The number of carboxylic acids is 1. The maximum Gasteiger partial charge on any atom is 0.338 e. The van der Waals surface area contributed by atoms with Gasteiger partial charge in [0.05, 0.1) is 11.8 Å². The molecule has 1 N–H and O–H groups in total. The molecule has 4 nitrogen and oxygen atoms in total. The summed E-state index contributed by atoms with van der Waals surface area (Å²) in [4.78, 5) is 11.0. The molecule has 2 rings (SSSR count). The van der Waals surface area contributed by atoms with Gasteiger partial charge in [-0.25, -0.2) is 9.18 Å². The number of hydrogen-bond acceptors (Lipinski definition) is 2. The lowest BCUT2D eigenvalue weighted by molar-refractivity contribution is 0.0692. The Kier molecular flexibility index (Phi) is 3.88. The van der Waals surface area contributed by atoms with Gasteiger partial charge in [-0.05, 0) is 36.1 Å². The number of hydrogen-bond donors (Lipinski definition) is 1. The third kappa shape index (κ3) is 2.87. The van der Waals surface area contributed by atoms with Crippen molar-refractivity contribution in [1.82, 2.24) is 9.78 Å². The topological polar surface area (TPSA) is 55.1 Å². The molecule has 20 heavy (non-hydrogen) atoms. The predicted octanol–water partition coefficient (Wildman–Crippen LogP) is 3.35. The van der Waals surface area contributed by atoms with Crippen molar-refractivity contribution in [3.63, 3.8) is 0 Å². The Bertz CT molecular complexity index is 647. The van der Waals surface area contributed by atoms with Gasteiger partial charge in [0.25, 0.3) is 0 Å². The van der Waals surface area contributed by atoms with Gasteiger partial charge < -0.3 is 5.11 Å². The number of aromatic carboxylic acids is 1. The van der Waals surface area contributed by atoms with Crippen molar-refractivity contribution in [2.75, 3.05) is 0 Å². The SMILES string of the molecule is Cc1cc(F)c(C(=O)O)cc1-c1cnn(CC(C)C)c1. The summed E-state index contributed by atoms with van der Waals surface area (Å²) < 4.78 is 15.4. The van der Waals surface area contributed by atoms with Gasteiger partial charge in [0.15, 0.2) is 0 Å². The quantitative estimate of drug-likeness (QED) is 0.931. The minimum atomic E-state index is -1.27. The minimum absolute atomic E-state index is 0.317. The molecule has 0 fully saturated rings. The number of rotatable bonds is 4. The lowest BCUT2D eigenvalue weighted by Crippen LogP contribution is -2.04. The molecule has 5 heteroatoms. The molecule has 0 saturated carbocycles. The van der Waals surface area contributed by atoms with E-state index in [4.69, 9.17) is 5.11 Å². The summed E-state index contributed by atoms with van der Waals surface area (Å²) >= 11 is 0. The molecule has 106 valence electrons. The molecule has 0 aliphatic rings. The summed E-state index contributed by atoms with van der Waals surface area (Å²) in [7, 11) is 0. The van der Waals surface area contributed by atoms with Gasteiger partial charge in [-0.1, -0.05) is 13.8 Å². The fraction of sp³-hybridized carbons (Fsp3) is 0.333. The van der Waals surface area contributed by atoms with Gasteiger partial charge >= 0.3 is 5.97 Å². The van der Waals surface area contributed by atoms with Crippen molar-refractivity contribution in [2.45, 2.75) is 27.3 Å². The molecule has 0 unspecified atom stereocenters. The fourth-order valence-electron chi connectivity index (χ4n) is 2.12. The van der Waals surface area contributed by atoms with Crippen LogP contribution in [0.15, 0.2) is 24.5 Å². The molecule has 0 atom stereocenters. The minimum Gasteiger partial charge on any atom is -0.478 e. The lowest BCUT2D eigenvalue weighted by Gasteiger charge is -2.07. The standard InChI is InChI=1S/C15H17FN2O2/c1-9(2)7-18-8-11(6-17-18)12-5-13(15(19)20)14(16)4-10(12)3/h4-6,8-9H,7H2,1-3H3,(H,19,20). The Balaban J connectivity index is 2.44. The Morgan fingerprint density at radius 1 is 1.45 bits per heavy atom. The van der Waals surface area contributed by atoms with E-state index in [9.17, 15) is 9.18 Å². The first-order chi connectivity index (χ1) is 9.38. The highest BCUT2D eigenvalue weighted by molar-refractivity contribution is 5.90. The van der Waals surface area contributed by atoms with Gasteiger partial charge in [0.1, 0.15) is 5.82 Å². The normalized spacial score (nSPS) is 11.1. The van der Waals surface area contributed by atoms with Crippen LogP contribution in [0.1, 0.15) is 29.8 Å². The van der Waals surface area contributed by atoms with E-state index in [1.165, 1.54) is 12.1 Å². The van der Waals surface area contributed by atoms with Crippen molar-refractivity contribution in [1.29, 1.82) is 0 Å². The van der Waals surface area contributed by atoms with Crippen molar-refractivity contribution in [3.8, 4) is 11.1 Å². The first-order valence-corrected chi connectivity index (χ1v) is 6.44. The van der Waals surface area contributed by atoms with Gasteiger partial charge in [0.2, 0.25) is 0 Å². The molecule has 0 amide bonds. The Morgan fingerprint density at radius 2 is 2.15 bits per heavy atom. The molecule has 1 aromatic heterocycles. The third-order valence-corrected chi connectivity index (χ3v) is 3.04. The molecule has 0 radical (unpaired) electrons. The largest absolute Gasteiger partial charge is 0.478 e. The van der Waals surface area contributed by atoms with Gasteiger partial charge in [-0.15, -0.1) is 0 Å². The smallest absolute Gasteiger partial charge is 0.338 e. The molecule has 0 aliphatic carbocycles. The molecule has 0 saturated heterocycles. The van der Waals surface area contributed by atoms with E-state index in [2.05, 4.69) is 18.9 Å². The molecule has 1 heterocycles. The van der Waals surface area contributed by atoms with E-state index >= 15 is 0 Å². The van der Waals surface area contributed by atoms with Crippen LogP contribution in [0.3, 0.4) is 0 Å². The van der Waals surface area contributed by atoms with E-state index in [0.717, 1.165) is 12.1 Å². The number of aryl methyl sites for hydroxylation is 1. The van der Waals surface area contributed by atoms with Crippen molar-refractivity contribution in [2.24, 2.45) is 5.92 Å². The lowest BCUT2D eigenvalue weighted by atomic mass is 10.00. The van der Waals surface area contributed by atoms with Gasteiger partial charge in [-0.3, -0.25) is 4.68 Å². The number of carbonyl (C=O) groups is 1. The van der Waals surface area contributed by atoms with Crippen LogP contribution in [0.4, 0.5) is 4.39 Å². The molecular formula is C15H17FN2O2. The average molecular weight is 276 g/mol. The maximum atomic E-state index is 13.6. The summed E-state index contributed by atoms with van der Waals surface area (Å²) in [5.74, 6) is -1.52. The van der Waals surface area contributed by atoms with E-state index in [-0.39, 0.29) is 5.56 Å². The molecule has 2 aromatic rings. The zero-order valence-electron chi connectivity index (χ0n) is 11.7. The maximum absolute atomic E-state index is 13.6. The highest BCUT2D eigenvalue weighted by atomic mass is 19.1. The Morgan fingerprint density at radius 3 is 2.75 bits per heavy atom. The van der Waals surface area contributed by atoms with Crippen molar-refractivity contribution in [3.05, 3.63) is 41.5 Å². The van der Waals surface area contributed by atoms with Gasteiger partial charge in [0, 0.05) is 18.3 Å². The fourth-order valence-corrected chi connectivity index (χ4v) is 2.12. The van der Waals surface area contributed by atoms with Crippen LogP contribution in [0.25, 0.3) is 11.1 Å². The van der Waals surface area contributed by atoms with Crippen LogP contribution in [0.2, 0.25) is 0 Å². The number of carboxylic acid groups (broad SMARTS) is 1. The van der Waals surface area contributed by atoms with Crippen molar-refractivity contribution < 1.29 is 14.3 Å². The molecule has 0 bridgehead atoms. The summed E-state index contributed by atoms with van der Waals surface area (Å²) in [6.45, 7) is 6.72. The van der Waals surface area contributed by atoms with Crippen LogP contribution in [0, 0.1) is 18.7 Å². The first kappa shape index (κ1) is 14.2. The van der Waals surface area contributed by atoms with Crippen LogP contribution >= 0.6 is 0 Å². The molecule has 0 spiro atoms. The first-order valence-electron chi connectivity index (χ1n) is 6.44. The second-order valence-electron chi connectivity index (χ2n) is 5.30. The van der Waals surface area contributed by atoms with E-state index in [1.54, 1.807) is 13.1 Å². The summed E-state index contributed by atoms with van der Waals surface area (Å²) in [6.07, 6.45) is 3.53. The monoisotopic (exact) mass is 276 g/mol. The summed E-state index contributed by atoms with van der Waals surface area (Å²) in [6, 6.07) is 2.61. The summed E-state index contributed by atoms with van der Waals surface area (Å²) in [5, 5.41) is 13.2. The van der Waals surface area contributed by atoms with Gasteiger partial charge in [-0.2, -0.15) is 5.10 Å². The highest BCUT2D eigenvalue weighted by Gasteiger charge is 2.15. The van der Waals surface area contributed by atoms with Crippen LogP contribution in [0.5, 0.6) is 0 Å². The second kappa shape index (κ2) is 5.45. The zero-order chi connectivity index (χ0) is 14.9. The third-order valence-electron chi connectivity index (χ3n) is 3.04. The number of benzene rings is 1. The van der Waals surface area contributed by atoms with E-state index < -0.39 is 11.8 Å². The van der Waals surface area contributed by atoms with Crippen LogP contribution in [-0.2, 0) is 6.54 Å². The number of nitrogens with zero attached hydrogens (tertiary/aromatic N) is 2. The van der Waals surface area contributed by atoms with Crippen molar-refractivity contribution >= 4 is 5.97 Å². The number of halogens is 1. The predicted molar refractivity (Wildman–Crippen MR) is 74.2 cm³/mol. The zero-order valence-corrected chi connectivity index (χ0v) is 11.7. The Labute approximate surface area is 116 Å².